The molecule has 0 amide bonds. The fraction of sp³-hybridized carbons (Fsp3) is 0.167. The lowest BCUT2D eigenvalue weighted by Gasteiger charge is -1.93. The van der Waals surface area contributed by atoms with E-state index in [9.17, 15) is 4.79 Å². The third-order valence-corrected chi connectivity index (χ3v) is 1.62. The minimum atomic E-state index is -0.679. The van der Waals surface area contributed by atoms with Gasteiger partial charge in [0.15, 0.2) is 0 Å². The number of oxazole rings is 1. The van der Waals surface area contributed by atoms with Crippen molar-refractivity contribution in [2.24, 2.45) is 0 Å². The number of carbonyl (C=O) groups excluding carboxylic acids is 1. The summed E-state index contributed by atoms with van der Waals surface area (Å²) < 4.78 is 9.35. The van der Waals surface area contributed by atoms with E-state index in [1.807, 2.05) is 0 Å². The quantitative estimate of drug-likeness (QED) is 0.542. The van der Waals surface area contributed by atoms with E-state index < -0.39 is 5.97 Å². The lowest BCUT2D eigenvalue weighted by Crippen LogP contribution is -2.08. The van der Waals surface area contributed by atoms with Gasteiger partial charge in [-0.15, -0.1) is 10.2 Å². The van der Waals surface area contributed by atoms with Crippen LogP contribution in [0.4, 0.5) is 0 Å². The van der Waals surface area contributed by atoms with Gasteiger partial charge in [0.05, 0.1) is 7.11 Å². The molecule has 0 aliphatic rings. The maximum Gasteiger partial charge on any atom is 0.378 e. The topological polar surface area (TPSA) is 93.9 Å². The molecule has 0 aliphatic carbocycles. The first-order valence-electron chi connectivity index (χ1n) is 3.52. The number of ether oxygens (including phenoxy) is 1. The molecule has 0 fully saturated rings. The molecule has 0 radical (unpaired) electrons. The van der Waals surface area contributed by atoms with Gasteiger partial charge in [0, 0.05) is 0 Å². The number of fused-ring (bicyclic) bond motifs is 1. The molecule has 7 nitrogen and oxygen atoms in total. The van der Waals surface area contributed by atoms with Gasteiger partial charge >= 0.3 is 5.97 Å². The molecule has 0 aromatic carbocycles. The van der Waals surface area contributed by atoms with Gasteiger partial charge in [-0.2, -0.15) is 4.98 Å². The number of aromatic amines is 1. The average Bonchev–Trinajstić information content (AvgIpc) is 2.55. The number of aromatic nitrogens is 4. The van der Waals surface area contributed by atoms with Crippen LogP contribution in [0.15, 0.2) is 4.42 Å². The minimum Gasteiger partial charge on any atom is -0.463 e. The van der Waals surface area contributed by atoms with Crippen LogP contribution in [0.1, 0.15) is 10.6 Å². The molecular weight excluding hydrogens is 208 g/mol. The van der Waals surface area contributed by atoms with Crippen LogP contribution in [0.3, 0.4) is 0 Å². The minimum absolute atomic E-state index is 0.129. The van der Waals surface area contributed by atoms with Crippen LogP contribution in [0.2, 0.25) is 0 Å². The van der Waals surface area contributed by atoms with Crippen LogP contribution in [0.5, 0.6) is 0 Å². The van der Waals surface area contributed by atoms with Crippen LogP contribution < -0.4 is 0 Å². The monoisotopic (exact) mass is 212 g/mol. The molecule has 2 aromatic heterocycles. The second kappa shape index (κ2) is 3.14. The summed E-state index contributed by atoms with van der Waals surface area (Å²) in [4.78, 5) is 17.5. The number of nitrogens with zero attached hydrogens (tertiary/aromatic N) is 3. The highest BCUT2D eigenvalue weighted by molar-refractivity contribution is 7.71. The van der Waals surface area contributed by atoms with Crippen molar-refractivity contribution < 1.29 is 13.9 Å². The molecule has 2 aromatic rings. The summed E-state index contributed by atoms with van der Waals surface area (Å²) in [5.41, 5.74) is 0.424. The van der Waals surface area contributed by atoms with Crippen molar-refractivity contribution in [3.8, 4) is 0 Å². The predicted octanol–water partition coefficient (Wildman–Crippen LogP) is 0.462. The Kier molecular flexibility index (Phi) is 1.97. The lowest BCUT2D eigenvalue weighted by molar-refractivity contribution is 0.0585. The highest BCUT2D eigenvalue weighted by atomic mass is 32.1. The second-order valence-corrected chi connectivity index (χ2v) is 2.67. The summed E-state index contributed by atoms with van der Waals surface area (Å²) in [5, 5.41) is 7.16. The number of rotatable bonds is 1. The zero-order chi connectivity index (χ0) is 10.1. The second-order valence-electron chi connectivity index (χ2n) is 2.30. The SMILES string of the molecule is COC(=O)c1nnc2[nH]c(=S)oc2n1. The maximum absolute atomic E-state index is 11.0. The van der Waals surface area contributed by atoms with Gasteiger partial charge < -0.3 is 9.15 Å². The number of H-pyrrole nitrogens is 1. The molecule has 0 bridgehead atoms. The fourth-order valence-corrected chi connectivity index (χ4v) is 1.02. The largest absolute Gasteiger partial charge is 0.463 e. The number of esters is 1. The Morgan fingerprint density at radius 2 is 2.36 bits per heavy atom. The highest BCUT2D eigenvalue weighted by Crippen LogP contribution is 2.06. The van der Waals surface area contributed by atoms with Gasteiger partial charge in [-0.05, 0) is 12.2 Å². The van der Waals surface area contributed by atoms with Crippen molar-refractivity contribution in [3.63, 3.8) is 0 Å². The fourth-order valence-electron chi connectivity index (χ4n) is 0.849. The standard InChI is InChI=1S/C6H4N4O3S/c1-12-5(11)3-7-4-2(9-10-3)8-6(14)13-4/h1H3,(H,8,9,14). The first-order valence-corrected chi connectivity index (χ1v) is 3.93. The molecule has 0 unspecified atom stereocenters. The number of methoxy groups -OCH3 is 1. The molecule has 8 heteroatoms. The normalized spacial score (nSPS) is 10.4. The Morgan fingerprint density at radius 3 is 3.07 bits per heavy atom. The Labute approximate surface area is 82.1 Å². The van der Waals surface area contributed by atoms with E-state index in [1.165, 1.54) is 7.11 Å². The summed E-state index contributed by atoms with van der Waals surface area (Å²) in [6.45, 7) is 0. The van der Waals surface area contributed by atoms with Crippen molar-refractivity contribution in [1.82, 2.24) is 20.2 Å². The summed E-state index contributed by atoms with van der Waals surface area (Å²) in [6.07, 6.45) is 0. The molecule has 0 aliphatic heterocycles. The van der Waals surface area contributed by atoms with Crippen LogP contribution in [-0.4, -0.2) is 33.2 Å². The number of carbonyl (C=O) groups is 1. The van der Waals surface area contributed by atoms with E-state index in [0.717, 1.165) is 0 Å². The van der Waals surface area contributed by atoms with Crippen LogP contribution >= 0.6 is 12.2 Å². The molecular formula is C6H4N4O3S. The van der Waals surface area contributed by atoms with Gasteiger partial charge in [-0.3, -0.25) is 4.98 Å². The van der Waals surface area contributed by atoms with E-state index in [2.05, 4.69) is 24.9 Å². The molecule has 14 heavy (non-hydrogen) atoms. The van der Waals surface area contributed by atoms with Crippen molar-refractivity contribution in [2.45, 2.75) is 0 Å². The van der Waals surface area contributed by atoms with E-state index in [4.69, 9.17) is 16.6 Å². The summed E-state index contributed by atoms with van der Waals surface area (Å²) in [5.74, 6) is -0.848. The molecule has 1 N–H and O–H groups in total. The first-order chi connectivity index (χ1) is 6.70. The highest BCUT2D eigenvalue weighted by Gasteiger charge is 2.12. The van der Waals surface area contributed by atoms with Gasteiger partial charge in [-0.1, -0.05) is 0 Å². The van der Waals surface area contributed by atoms with E-state index >= 15 is 0 Å². The van der Waals surface area contributed by atoms with Crippen molar-refractivity contribution in [2.75, 3.05) is 7.11 Å². The molecule has 0 saturated heterocycles. The van der Waals surface area contributed by atoms with Crippen molar-refractivity contribution >= 4 is 29.5 Å². The smallest absolute Gasteiger partial charge is 0.378 e. The van der Waals surface area contributed by atoms with E-state index in [0.29, 0.717) is 5.65 Å². The molecule has 2 rings (SSSR count). The van der Waals surface area contributed by atoms with Crippen LogP contribution in [-0.2, 0) is 4.74 Å². The summed E-state index contributed by atoms with van der Waals surface area (Å²) >= 11 is 4.70. The number of hydrogen-bond acceptors (Lipinski definition) is 7. The zero-order valence-corrected chi connectivity index (χ0v) is 7.79. The molecule has 2 heterocycles. The maximum atomic E-state index is 11.0. The van der Waals surface area contributed by atoms with Gasteiger partial charge in [-0.25, -0.2) is 4.79 Å². The van der Waals surface area contributed by atoms with Gasteiger partial charge in [0.2, 0.25) is 5.65 Å². The van der Waals surface area contributed by atoms with Gasteiger partial charge in [0.25, 0.3) is 16.4 Å². The number of hydrogen-bond donors (Lipinski definition) is 1. The molecule has 72 valence electrons. The third-order valence-electron chi connectivity index (χ3n) is 1.43. The summed E-state index contributed by atoms with van der Waals surface area (Å²) in [7, 11) is 1.22. The Balaban J connectivity index is 2.61. The predicted molar refractivity (Wildman–Crippen MR) is 46.1 cm³/mol. The Bertz CT molecular complexity index is 545. The van der Waals surface area contributed by atoms with E-state index in [-0.39, 0.29) is 16.4 Å². The van der Waals surface area contributed by atoms with Gasteiger partial charge in [0.1, 0.15) is 0 Å². The molecule has 0 saturated carbocycles. The van der Waals surface area contributed by atoms with Crippen molar-refractivity contribution in [3.05, 3.63) is 10.7 Å². The zero-order valence-electron chi connectivity index (χ0n) is 6.97. The first kappa shape index (κ1) is 8.75. The Morgan fingerprint density at radius 1 is 1.57 bits per heavy atom. The average molecular weight is 212 g/mol. The van der Waals surface area contributed by atoms with E-state index in [1.54, 1.807) is 0 Å². The molecule has 0 atom stereocenters. The third kappa shape index (κ3) is 1.35. The van der Waals surface area contributed by atoms with Crippen molar-refractivity contribution in [1.29, 1.82) is 0 Å². The lowest BCUT2D eigenvalue weighted by atomic mass is 10.6. The van der Waals surface area contributed by atoms with Crippen LogP contribution in [0.25, 0.3) is 11.4 Å². The summed E-state index contributed by atoms with van der Waals surface area (Å²) in [6, 6.07) is 0. The van der Waals surface area contributed by atoms with Crippen LogP contribution in [0, 0.1) is 4.84 Å². The Hall–Kier alpha value is -1.83. The molecule has 0 spiro atoms. The number of nitrogens with one attached hydrogen (secondary N) is 1.